The summed E-state index contributed by atoms with van der Waals surface area (Å²) in [6.45, 7) is 0.141. The number of esters is 1. The number of rotatable bonds is 8. The van der Waals surface area contributed by atoms with Gasteiger partial charge in [0.1, 0.15) is 0 Å². The second-order valence-electron chi connectivity index (χ2n) is 6.68. The van der Waals surface area contributed by atoms with Gasteiger partial charge in [-0.2, -0.15) is 0 Å². The lowest BCUT2D eigenvalue weighted by Gasteiger charge is -2.07. The Balaban J connectivity index is 1.51. The van der Waals surface area contributed by atoms with Gasteiger partial charge in [0.2, 0.25) is 5.91 Å². The highest BCUT2D eigenvalue weighted by Gasteiger charge is 2.14. The molecule has 0 unspecified atom stereocenters. The van der Waals surface area contributed by atoms with Crippen LogP contribution in [0.25, 0.3) is 0 Å². The van der Waals surface area contributed by atoms with E-state index in [4.69, 9.17) is 23.2 Å². The molecule has 3 rings (SSSR count). The fourth-order valence-electron chi connectivity index (χ4n) is 2.66. The number of thioether (sulfide) groups is 1. The van der Waals surface area contributed by atoms with Crippen molar-refractivity contribution in [3.8, 4) is 0 Å². The van der Waals surface area contributed by atoms with Crippen LogP contribution in [0.5, 0.6) is 0 Å². The highest BCUT2D eigenvalue weighted by atomic mass is 35.5. The average molecular weight is 508 g/mol. The highest BCUT2D eigenvalue weighted by Crippen LogP contribution is 2.22. The van der Waals surface area contributed by atoms with Crippen LogP contribution in [0.3, 0.4) is 0 Å². The summed E-state index contributed by atoms with van der Waals surface area (Å²) in [6, 6.07) is 11.0. The predicted octanol–water partition coefficient (Wildman–Crippen LogP) is 3.57. The van der Waals surface area contributed by atoms with E-state index in [9.17, 15) is 14.4 Å². The summed E-state index contributed by atoms with van der Waals surface area (Å²) in [4.78, 5) is 36.0. The molecule has 0 atom stereocenters. The zero-order valence-electron chi connectivity index (χ0n) is 17.6. The first-order valence-corrected chi connectivity index (χ1v) is 11.2. The smallest absolute Gasteiger partial charge is 0.337 e. The van der Waals surface area contributed by atoms with Crippen LogP contribution in [-0.2, 0) is 23.1 Å². The number of nitrogens with one attached hydrogen (secondary N) is 2. The molecule has 0 bridgehead atoms. The summed E-state index contributed by atoms with van der Waals surface area (Å²) >= 11 is 13.0. The first-order valence-electron chi connectivity index (χ1n) is 9.51. The third-order valence-corrected chi connectivity index (χ3v) is 6.20. The standard InChI is InChI=1S/C21H19Cl2N5O4S/c1-28-17(10-24-19(30)13-5-8-15(22)16(23)9-13)26-27-21(28)33-11-18(29)25-14-6-3-12(4-7-14)20(31)32-2/h3-9H,10-11H2,1-2H3,(H,24,30)(H,25,29). The van der Waals surface area contributed by atoms with E-state index in [1.807, 2.05) is 0 Å². The van der Waals surface area contributed by atoms with Crippen LogP contribution < -0.4 is 10.6 Å². The molecule has 0 aliphatic heterocycles. The molecule has 0 radical (unpaired) electrons. The third kappa shape index (κ3) is 6.47. The normalized spacial score (nSPS) is 10.5. The van der Waals surface area contributed by atoms with Gasteiger partial charge in [-0.1, -0.05) is 35.0 Å². The lowest BCUT2D eigenvalue weighted by molar-refractivity contribution is -0.113. The largest absolute Gasteiger partial charge is 0.465 e. The zero-order valence-corrected chi connectivity index (χ0v) is 19.9. The molecule has 3 aromatic rings. The molecule has 2 amide bonds. The molecule has 0 fully saturated rings. The second kappa shape index (κ2) is 11.2. The Labute approximate surface area is 203 Å². The van der Waals surface area contributed by atoms with Crippen molar-refractivity contribution in [1.29, 1.82) is 0 Å². The fourth-order valence-corrected chi connectivity index (χ4v) is 3.69. The van der Waals surface area contributed by atoms with Gasteiger partial charge in [0.05, 0.1) is 35.0 Å². The van der Waals surface area contributed by atoms with Crippen molar-refractivity contribution in [2.24, 2.45) is 7.05 Å². The first-order chi connectivity index (χ1) is 15.8. The molecule has 2 N–H and O–H groups in total. The van der Waals surface area contributed by atoms with Gasteiger partial charge in [0.15, 0.2) is 11.0 Å². The number of anilines is 1. The minimum atomic E-state index is -0.449. The van der Waals surface area contributed by atoms with Crippen molar-refractivity contribution in [2.75, 3.05) is 18.2 Å². The molecule has 0 aliphatic rings. The van der Waals surface area contributed by atoms with Gasteiger partial charge >= 0.3 is 5.97 Å². The van der Waals surface area contributed by atoms with Crippen LogP contribution in [0, 0.1) is 0 Å². The molecule has 0 saturated carbocycles. The summed E-state index contributed by atoms with van der Waals surface area (Å²) in [5, 5.41) is 14.8. The molecular formula is C21H19Cl2N5O4S. The average Bonchev–Trinajstić information content (AvgIpc) is 3.17. The Hall–Kier alpha value is -3.08. The van der Waals surface area contributed by atoms with Crippen LogP contribution in [0.2, 0.25) is 10.0 Å². The lowest BCUT2D eigenvalue weighted by Crippen LogP contribution is -2.24. The third-order valence-electron chi connectivity index (χ3n) is 4.44. The van der Waals surface area contributed by atoms with Crippen LogP contribution in [0.1, 0.15) is 26.5 Å². The molecule has 33 heavy (non-hydrogen) atoms. The van der Waals surface area contributed by atoms with Crippen molar-refractivity contribution < 1.29 is 19.1 Å². The molecule has 0 aliphatic carbocycles. The molecule has 9 nitrogen and oxygen atoms in total. The number of amides is 2. The Morgan fingerprint density at radius 2 is 1.73 bits per heavy atom. The van der Waals surface area contributed by atoms with Crippen molar-refractivity contribution in [3.05, 3.63) is 69.5 Å². The van der Waals surface area contributed by atoms with Crippen molar-refractivity contribution >= 4 is 58.4 Å². The molecule has 1 aromatic heterocycles. The number of carbonyl (C=O) groups excluding carboxylic acids is 3. The Morgan fingerprint density at radius 1 is 1.03 bits per heavy atom. The fraction of sp³-hybridized carbons (Fsp3) is 0.190. The summed E-state index contributed by atoms with van der Waals surface area (Å²) in [5.41, 5.74) is 1.32. The van der Waals surface area contributed by atoms with Crippen LogP contribution in [0.4, 0.5) is 5.69 Å². The molecule has 12 heteroatoms. The van der Waals surface area contributed by atoms with E-state index in [2.05, 4.69) is 25.6 Å². The lowest BCUT2D eigenvalue weighted by atomic mass is 10.2. The number of nitrogens with zero attached hydrogens (tertiary/aromatic N) is 3. The number of halogens is 2. The molecule has 0 saturated heterocycles. The predicted molar refractivity (Wildman–Crippen MR) is 126 cm³/mol. The van der Waals surface area contributed by atoms with Crippen molar-refractivity contribution in [3.63, 3.8) is 0 Å². The molecule has 0 spiro atoms. The van der Waals surface area contributed by atoms with Crippen molar-refractivity contribution in [1.82, 2.24) is 20.1 Å². The second-order valence-corrected chi connectivity index (χ2v) is 8.43. The minimum absolute atomic E-state index is 0.0976. The molecular weight excluding hydrogens is 489 g/mol. The number of aromatic nitrogens is 3. The van der Waals surface area contributed by atoms with Crippen molar-refractivity contribution in [2.45, 2.75) is 11.7 Å². The zero-order chi connectivity index (χ0) is 24.0. The number of benzene rings is 2. The maximum atomic E-state index is 12.3. The van der Waals surface area contributed by atoms with E-state index in [0.29, 0.717) is 37.8 Å². The highest BCUT2D eigenvalue weighted by molar-refractivity contribution is 7.99. The summed E-state index contributed by atoms with van der Waals surface area (Å²) in [7, 11) is 3.04. The summed E-state index contributed by atoms with van der Waals surface area (Å²) in [6.07, 6.45) is 0. The van der Waals surface area contributed by atoms with Gasteiger partial charge in [-0.05, 0) is 42.5 Å². The molecule has 2 aromatic carbocycles. The van der Waals surface area contributed by atoms with E-state index >= 15 is 0 Å². The van der Waals surface area contributed by atoms with E-state index in [0.717, 1.165) is 0 Å². The summed E-state index contributed by atoms with van der Waals surface area (Å²) in [5.74, 6) is -0.411. The number of hydrogen-bond acceptors (Lipinski definition) is 7. The summed E-state index contributed by atoms with van der Waals surface area (Å²) < 4.78 is 6.33. The van der Waals surface area contributed by atoms with Gasteiger partial charge in [0.25, 0.3) is 5.91 Å². The van der Waals surface area contributed by atoms with E-state index in [-0.39, 0.29) is 24.1 Å². The molecule has 172 valence electrons. The van der Waals surface area contributed by atoms with Gasteiger partial charge in [-0.3, -0.25) is 9.59 Å². The number of carbonyl (C=O) groups is 3. The van der Waals surface area contributed by atoms with Gasteiger partial charge in [-0.25, -0.2) is 4.79 Å². The maximum Gasteiger partial charge on any atom is 0.337 e. The number of hydrogen-bond donors (Lipinski definition) is 2. The van der Waals surface area contributed by atoms with Crippen LogP contribution >= 0.6 is 35.0 Å². The molecule has 1 heterocycles. The Bertz CT molecular complexity index is 1180. The maximum absolute atomic E-state index is 12.3. The van der Waals surface area contributed by atoms with Gasteiger partial charge in [0, 0.05) is 18.3 Å². The van der Waals surface area contributed by atoms with E-state index < -0.39 is 5.97 Å². The van der Waals surface area contributed by atoms with E-state index in [1.54, 1.807) is 48.0 Å². The number of ether oxygens (including phenoxy) is 1. The van der Waals surface area contributed by atoms with Crippen LogP contribution in [0.15, 0.2) is 47.6 Å². The quantitative estimate of drug-likeness (QED) is 0.353. The van der Waals surface area contributed by atoms with Gasteiger partial charge < -0.3 is 19.9 Å². The monoisotopic (exact) mass is 507 g/mol. The number of methoxy groups -OCH3 is 1. The minimum Gasteiger partial charge on any atom is -0.465 e. The Morgan fingerprint density at radius 3 is 2.39 bits per heavy atom. The van der Waals surface area contributed by atoms with Crippen LogP contribution in [-0.4, -0.2) is 45.4 Å². The van der Waals surface area contributed by atoms with Gasteiger partial charge in [-0.15, -0.1) is 10.2 Å². The topological polar surface area (TPSA) is 115 Å². The first kappa shape index (κ1) is 24.6. The SMILES string of the molecule is COC(=O)c1ccc(NC(=O)CSc2nnc(CNC(=O)c3ccc(Cl)c(Cl)c3)n2C)cc1. The Kier molecular flexibility index (Phi) is 8.32. The van der Waals surface area contributed by atoms with E-state index in [1.165, 1.54) is 24.9 Å².